The number of anilines is 1. The van der Waals surface area contributed by atoms with Crippen LogP contribution in [0.1, 0.15) is 37.8 Å². The van der Waals surface area contributed by atoms with E-state index >= 15 is 0 Å². The Balaban J connectivity index is 2.09. The van der Waals surface area contributed by atoms with Crippen LogP contribution in [0, 0.1) is 0 Å². The summed E-state index contributed by atoms with van der Waals surface area (Å²) < 4.78 is 0. The summed E-state index contributed by atoms with van der Waals surface area (Å²) in [5.41, 5.74) is 2.70. The largest absolute Gasteiger partial charge is 0.378 e. The molecule has 0 radical (unpaired) electrons. The summed E-state index contributed by atoms with van der Waals surface area (Å²) in [4.78, 5) is 2.14. The van der Waals surface area contributed by atoms with Crippen molar-refractivity contribution < 1.29 is 0 Å². The summed E-state index contributed by atoms with van der Waals surface area (Å²) in [5.74, 6) is 0. The molecule has 0 saturated carbocycles. The molecule has 88 valence electrons. The van der Waals surface area contributed by atoms with Crippen LogP contribution in [0.4, 0.5) is 5.69 Å². The molecule has 2 unspecified atom stereocenters. The van der Waals surface area contributed by atoms with Gasteiger partial charge in [0.2, 0.25) is 0 Å². The molecule has 2 heteroatoms. The van der Waals surface area contributed by atoms with Gasteiger partial charge in [-0.05, 0) is 37.5 Å². The molecule has 0 bridgehead atoms. The molecule has 0 amide bonds. The maximum Gasteiger partial charge on any atom is 0.0361 e. The van der Waals surface area contributed by atoms with E-state index in [0.29, 0.717) is 12.1 Å². The first-order valence-electron chi connectivity index (χ1n) is 6.20. The number of rotatable bonds is 2. The van der Waals surface area contributed by atoms with Gasteiger partial charge in [-0.15, -0.1) is 0 Å². The third-order valence-electron chi connectivity index (χ3n) is 3.43. The van der Waals surface area contributed by atoms with Gasteiger partial charge in [-0.1, -0.05) is 18.6 Å². The van der Waals surface area contributed by atoms with Crippen molar-refractivity contribution in [2.75, 3.05) is 19.0 Å². The zero-order valence-corrected chi connectivity index (χ0v) is 10.5. The molecule has 1 aromatic rings. The number of nitrogens with zero attached hydrogens (tertiary/aromatic N) is 1. The molecule has 0 spiro atoms. The maximum absolute atomic E-state index is 3.67. The van der Waals surface area contributed by atoms with Gasteiger partial charge in [0.25, 0.3) is 0 Å². The average molecular weight is 218 g/mol. The molecule has 0 aromatic heterocycles. The standard InChI is InChI=1S/C14H22N2/c1-11-5-4-6-14(15-11)12-7-9-13(10-8-12)16(2)3/h7-11,14-15H,4-6H2,1-3H3. The number of nitrogens with one attached hydrogen (secondary N) is 1. The molecule has 1 aliphatic rings. The second-order valence-electron chi connectivity index (χ2n) is 5.04. The van der Waals surface area contributed by atoms with Crippen molar-refractivity contribution in [2.24, 2.45) is 0 Å². The number of hydrogen-bond acceptors (Lipinski definition) is 2. The lowest BCUT2D eigenvalue weighted by molar-refractivity contribution is 0.341. The van der Waals surface area contributed by atoms with Gasteiger partial charge >= 0.3 is 0 Å². The SMILES string of the molecule is CC1CCCC(c2ccc(N(C)C)cc2)N1. The number of piperidine rings is 1. The lowest BCUT2D eigenvalue weighted by atomic mass is 9.94. The first-order chi connectivity index (χ1) is 7.66. The molecule has 2 rings (SSSR count). The second kappa shape index (κ2) is 4.88. The molecule has 16 heavy (non-hydrogen) atoms. The van der Waals surface area contributed by atoms with Crippen LogP contribution in [-0.4, -0.2) is 20.1 Å². The second-order valence-corrected chi connectivity index (χ2v) is 5.04. The van der Waals surface area contributed by atoms with Gasteiger partial charge in [0.1, 0.15) is 0 Å². The quantitative estimate of drug-likeness (QED) is 0.821. The summed E-state index contributed by atoms with van der Waals surface area (Å²) in [6, 6.07) is 10.1. The van der Waals surface area contributed by atoms with Gasteiger partial charge < -0.3 is 10.2 Å². The monoisotopic (exact) mass is 218 g/mol. The van der Waals surface area contributed by atoms with Crippen molar-refractivity contribution in [1.29, 1.82) is 0 Å². The summed E-state index contributed by atoms with van der Waals surface area (Å²) in [7, 11) is 4.16. The Bertz CT molecular complexity index is 329. The Morgan fingerprint density at radius 2 is 1.81 bits per heavy atom. The Labute approximate surface area is 98.7 Å². The highest BCUT2D eigenvalue weighted by atomic mass is 15.1. The van der Waals surface area contributed by atoms with Crippen LogP contribution in [0.3, 0.4) is 0 Å². The molecule has 1 saturated heterocycles. The fraction of sp³-hybridized carbons (Fsp3) is 0.571. The molecule has 1 heterocycles. The van der Waals surface area contributed by atoms with Gasteiger partial charge in [0, 0.05) is 31.9 Å². The Hall–Kier alpha value is -1.02. The molecule has 1 aliphatic heterocycles. The van der Waals surface area contributed by atoms with E-state index in [-0.39, 0.29) is 0 Å². The molecule has 1 fully saturated rings. The molecule has 2 nitrogen and oxygen atoms in total. The van der Waals surface area contributed by atoms with Gasteiger partial charge in [-0.25, -0.2) is 0 Å². The normalized spacial score (nSPS) is 25.4. The maximum atomic E-state index is 3.67. The van der Waals surface area contributed by atoms with Crippen LogP contribution in [0.5, 0.6) is 0 Å². The van der Waals surface area contributed by atoms with E-state index in [2.05, 4.69) is 55.5 Å². The van der Waals surface area contributed by atoms with E-state index in [1.54, 1.807) is 0 Å². The highest BCUT2D eigenvalue weighted by Gasteiger charge is 2.18. The minimum absolute atomic E-state index is 0.556. The van der Waals surface area contributed by atoms with Crippen LogP contribution in [-0.2, 0) is 0 Å². The highest BCUT2D eigenvalue weighted by Crippen LogP contribution is 2.26. The van der Waals surface area contributed by atoms with E-state index in [0.717, 1.165) is 0 Å². The lowest BCUT2D eigenvalue weighted by Crippen LogP contribution is -2.34. The average Bonchev–Trinajstić information content (AvgIpc) is 2.29. The fourth-order valence-corrected chi connectivity index (χ4v) is 2.41. The smallest absolute Gasteiger partial charge is 0.0361 e. The molecular formula is C14H22N2. The molecular weight excluding hydrogens is 196 g/mol. The van der Waals surface area contributed by atoms with Gasteiger partial charge in [-0.3, -0.25) is 0 Å². The van der Waals surface area contributed by atoms with Crippen molar-refractivity contribution in [3.05, 3.63) is 29.8 Å². The van der Waals surface area contributed by atoms with E-state index in [4.69, 9.17) is 0 Å². The van der Waals surface area contributed by atoms with E-state index in [1.165, 1.54) is 30.5 Å². The summed E-state index contributed by atoms with van der Waals surface area (Å²) in [6.45, 7) is 2.28. The van der Waals surface area contributed by atoms with Crippen LogP contribution in [0.25, 0.3) is 0 Å². The molecule has 0 aliphatic carbocycles. The topological polar surface area (TPSA) is 15.3 Å². The van der Waals surface area contributed by atoms with Crippen molar-refractivity contribution in [2.45, 2.75) is 38.3 Å². The Kier molecular flexibility index (Phi) is 3.49. The van der Waals surface area contributed by atoms with Crippen molar-refractivity contribution in [1.82, 2.24) is 5.32 Å². The molecule has 1 N–H and O–H groups in total. The third-order valence-corrected chi connectivity index (χ3v) is 3.43. The number of hydrogen-bond donors (Lipinski definition) is 1. The Morgan fingerprint density at radius 3 is 2.38 bits per heavy atom. The predicted molar refractivity (Wildman–Crippen MR) is 70.0 cm³/mol. The minimum atomic E-state index is 0.556. The van der Waals surface area contributed by atoms with Crippen molar-refractivity contribution in [3.8, 4) is 0 Å². The third kappa shape index (κ3) is 2.56. The lowest BCUT2D eigenvalue weighted by Gasteiger charge is -2.29. The summed E-state index contributed by atoms with van der Waals surface area (Å²) in [5, 5.41) is 3.67. The van der Waals surface area contributed by atoms with Gasteiger partial charge in [0.15, 0.2) is 0 Å². The van der Waals surface area contributed by atoms with Crippen LogP contribution >= 0.6 is 0 Å². The highest BCUT2D eigenvalue weighted by molar-refractivity contribution is 5.46. The van der Waals surface area contributed by atoms with E-state index in [9.17, 15) is 0 Å². The van der Waals surface area contributed by atoms with Crippen molar-refractivity contribution >= 4 is 5.69 Å². The zero-order valence-electron chi connectivity index (χ0n) is 10.5. The van der Waals surface area contributed by atoms with Crippen LogP contribution in [0.15, 0.2) is 24.3 Å². The number of benzene rings is 1. The summed E-state index contributed by atoms with van der Waals surface area (Å²) >= 11 is 0. The first kappa shape index (κ1) is 11.5. The van der Waals surface area contributed by atoms with Crippen LogP contribution in [0.2, 0.25) is 0 Å². The van der Waals surface area contributed by atoms with Crippen LogP contribution < -0.4 is 10.2 Å². The first-order valence-corrected chi connectivity index (χ1v) is 6.20. The minimum Gasteiger partial charge on any atom is -0.378 e. The van der Waals surface area contributed by atoms with Crippen molar-refractivity contribution in [3.63, 3.8) is 0 Å². The van der Waals surface area contributed by atoms with E-state index < -0.39 is 0 Å². The van der Waals surface area contributed by atoms with Gasteiger partial charge in [0.05, 0.1) is 0 Å². The molecule has 2 atom stereocenters. The van der Waals surface area contributed by atoms with E-state index in [1.807, 2.05) is 0 Å². The van der Waals surface area contributed by atoms with Gasteiger partial charge in [-0.2, -0.15) is 0 Å². The summed E-state index contributed by atoms with van der Waals surface area (Å²) in [6.07, 6.45) is 3.92. The molecule has 1 aromatic carbocycles. The predicted octanol–water partition coefficient (Wildman–Crippen LogP) is 2.96. The Morgan fingerprint density at radius 1 is 1.12 bits per heavy atom. The fourth-order valence-electron chi connectivity index (χ4n) is 2.41. The zero-order chi connectivity index (χ0) is 11.5.